The summed E-state index contributed by atoms with van der Waals surface area (Å²) in [6.07, 6.45) is 0.935. The largest absolute Gasteiger partial charge is 0.310 e. The lowest BCUT2D eigenvalue weighted by Crippen LogP contribution is -2.23. The Labute approximate surface area is 124 Å². The molecule has 2 rings (SSSR count). The Kier molecular flexibility index (Phi) is 5.03. The van der Waals surface area contributed by atoms with Gasteiger partial charge in [-0.1, -0.05) is 36.7 Å². The summed E-state index contributed by atoms with van der Waals surface area (Å²) in [5.74, 6) is 0. The number of hydrogen-bond acceptors (Lipinski definition) is 2. The van der Waals surface area contributed by atoms with Crippen LogP contribution in [0.5, 0.6) is 0 Å². The predicted octanol–water partition coefficient (Wildman–Crippen LogP) is 4.91. The standard InChI is InChI=1S/C16H20ClNS/c1-4-18-16(14-9-11(2)19-12(14)3)10-13-7-5-6-8-15(13)17/h5-9,16,18H,4,10H2,1-3H3. The van der Waals surface area contributed by atoms with E-state index < -0.39 is 0 Å². The number of likely N-dealkylation sites (N-methyl/N-ethyl adjacent to an activating group) is 1. The van der Waals surface area contributed by atoms with Gasteiger partial charge in [0.25, 0.3) is 0 Å². The molecule has 0 radical (unpaired) electrons. The minimum Gasteiger partial charge on any atom is -0.310 e. The third-order valence-electron chi connectivity index (χ3n) is 3.29. The molecule has 0 aliphatic heterocycles. The Balaban J connectivity index is 2.26. The lowest BCUT2D eigenvalue weighted by molar-refractivity contribution is 0.549. The molecule has 0 aliphatic carbocycles. The summed E-state index contributed by atoms with van der Waals surface area (Å²) in [7, 11) is 0. The second kappa shape index (κ2) is 6.56. The van der Waals surface area contributed by atoms with Gasteiger partial charge in [0.05, 0.1) is 0 Å². The Morgan fingerprint density at radius 2 is 2.00 bits per heavy atom. The molecule has 1 nitrogen and oxygen atoms in total. The summed E-state index contributed by atoms with van der Waals surface area (Å²) in [6.45, 7) is 7.47. The number of halogens is 1. The number of aryl methyl sites for hydroxylation is 2. The molecule has 0 saturated carbocycles. The van der Waals surface area contributed by atoms with Crippen molar-refractivity contribution in [1.29, 1.82) is 0 Å². The third-order valence-corrected chi connectivity index (χ3v) is 4.64. The van der Waals surface area contributed by atoms with Crippen LogP contribution >= 0.6 is 22.9 Å². The predicted molar refractivity (Wildman–Crippen MR) is 85.4 cm³/mol. The third kappa shape index (κ3) is 3.59. The Bertz CT molecular complexity index is 547. The Morgan fingerprint density at radius 3 is 2.58 bits per heavy atom. The van der Waals surface area contributed by atoms with Crippen LogP contribution in [0.2, 0.25) is 5.02 Å². The van der Waals surface area contributed by atoms with Crippen molar-refractivity contribution >= 4 is 22.9 Å². The highest BCUT2D eigenvalue weighted by molar-refractivity contribution is 7.12. The molecule has 1 atom stereocenters. The van der Waals surface area contributed by atoms with E-state index in [1.165, 1.54) is 20.9 Å². The van der Waals surface area contributed by atoms with Crippen LogP contribution in [0, 0.1) is 13.8 Å². The van der Waals surface area contributed by atoms with Crippen LogP contribution in [-0.2, 0) is 6.42 Å². The van der Waals surface area contributed by atoms with E-state index in [-0.39, 0.29) is 0 Å². The number of nitrogens with one attached hydrogen (secondary N) is 1. The fourth-order valence-electron chi connectivity index (χ4n) is 2.42. The lowest BCUT2D eigenvalue weighted by Gasteiger charge is -2.19. The molecule has 3 heteroatoms. The molecule has 0 saturated heterocycles. The minimum atomic E-state index is 0.342. The summed E-state index contributed by atoms with van der Waals surface area (Å²) in [5.41, 5.74) is 2.61. The van der Waals surface area contributed by atoms with Crippen molar-refractivity contribution < 1.29 is 0 Å². The maximum Gasteiger partial charge on any atom is 0.0438 e. The van der Waals surface area contributed by atoms with Gasteiger partial charge in [-0.05, 0) is 50.1 Å². The number of benzene rings is 1. The van der Waals surface area contributed by atoms with Crippen LogP contribution in [0.1, 0.15) is 33.8 Å². The van der Waals surface area contributed by atoms with Crippen LogP contribution in [0.4, 0.5) is 0 Å². The second-order valence-corrected chi connectivity index (χ2v) is 6.64. The Morgan fingerprint density at radius 1 is 1.26 bits per heavy atom. The number of rotatable bonds is 5. The van der Waals surface area contributed by atoms with Crippen molar-refractivity contribution in [2.24, 2.45) is 0 Å². The highest BCUT2D eigenvalue weighted by Gasteiger charge is 2.16. The quantitative estimate of drug-likeness (QED) is 0.826. The molecule has 0 spiro atoms. The van der Waals surface area contributed by atoms with Gasteiger partial charge in [-0.15, -0.1) is 11.3 Å². The molecule has 0 fully saturated rings. The normalized spacial score (nSPS) is 12.6. The molecule has 0 amide bonds. The lowest BCUT2D eigenvalue weighted by atomic mass is 9.99. The first-order valence-electron chi connectivity index (χ1n) is 6.65. The average molecular weight is 294 g/mol. The van der Waals surface area contributed by atoms with Crippen LogP contribution in [0.25, 0.3) is 0 Å². The van der Waals surface area contributed by atoms with E-state index in [0.29, 0.717) is 6.04 Å². The topological polar surface area (TPSA) is 12.0 Å². The summed E-state index contributed by atoms with van der Waals surface area (Å²) in [6, 6.07) is 10.7. The summed E-state index contributed by atoms with van der Waals surface area (Å²) < 4.78 is 0. The van der Waals surface area contributed by atoms with Gasteiger partial charge >= 0.3 is 0 Å². The molecular formula is C16H20ClNS. The van der Waals surface area contributed by atoms with Crippen molar-refractivity contribution in [3.8, 4) is 0 Å². The SMILES string of the molecule is CCNC(Cc1ccccc1Cl)c1cc(C)sc1C. The average Bonchev–Trinajstić information content (AvgIpc) is 2.70. The maximum absolute atomic E-state index is 6.28. The Hall–Kier alpha value is -0.830. The van der Waals surface area contributed by atoms with Crippen LogP contribution < -0.4 is 5.32 Å². The van der Waals surface area contributed by atoms with Gasteiger partial charge in [0.1, 0.15) is 0 Å². The van der Waals surface area contributed by atoms with E-state index in [2.05, 4.69) is 44.3 Å². The first-order chi connectivity index (χ1) is 9.11. The molecule has 2 aromatic rings. The van der Waals surface area contributed by atoms with E-state index in [1.807, 2.05) is 23.5 Å². The first-order valence-corrected chi connectivity index (χ1v) is 7.85. The zero-order chi connectivity index (χ0) is 13.8. The smallest absolute Gasteiger partial charge is 0.0438 e. The van der Waals surface area contributed by atoms with Gasteiger partial charge in [-0.3, -0.25) is 0 Å². The van der Waals surface area contributed by atoms with Crippen molar-refractivity contribution in [1.82, 2.24) is 5.32 Å². The molecule has 19 heavy (non-hydrogen) atoms. The fourth-order valence-corrected chi connectivity index (χ4v) is 3.62. The maximum atomic E-state index is 6.28. The molecule has 1 aromatic heterocycles. The van der Waals surface area contributed by atoms with Crippen molar-refractivity contribution in [3.05, 3.63) is 56.2 Å². The van der Waals surface area contributed by atoms with E-state index in [9.17, 15) is 0 Å². The van der Waals surface area contributed by atoms with Gasteiger partial charge in [0, 0.05) is 20.8 Å². The molecule has 1 aromatic carbocycles. The van der Waals surface area contributed by atoms with Crippen molar-refractivity contribution in [2.45, 2.75) is 33.2 Å². The zero-order valence-electron chi connectivity index (χ0n) is 11.7. The van der Waals surface area contributed by atoms with E-state index in [0.717, 1.165) is 18.0 Å². The highest BCUT2D eigenvalue weighted by Crippen LogP contribution is 2.30. The minimum absolute atomic E-state index is 0.342. The van der Waals surface area contributed by atoms with Crippen molar-refractivity contribution in [2.75, 3.05) is 6.54 Å². The molecule has 1 unspecified atom stereocenters. The van der Waals surface area contributed by atoms with Crippen LogP contribution in [0.3, 0.4) is 0 Å². The fraction of sp³-hybridized carbons (Fsp3) is 0.375. The van der Waals surface area contributed by atoms with Gasteiger partial charge < -0.3 is 5.32 Å². The second-order valence-electron chi connectivity index (χ2n) is 4.77. The molecule has 102 valence electrons. The van der Waals surface area contributed by atoms with Gasteiger partial charge in [-0.2, -0.15) is 0 Å². The monoisotopic (exact) mass is 293 g/mol. The molecular weight excluding hydrogens is 274 g/mol. The van der Waals surface area contributed by atoms with Gasteiger partial charge in [0.15, 0.2) is 0 Å². The van der Waals surface area contributed by atoms with Gasteiger partial charge in [0.2, 0.25) is 0 Å². The van der Waals surface area contributed by atoms with E-state index in [4.69, 9.17) is 11.6 Å². The summed E-state index contributed by atoms with van der Waals surface area (Å²) in [4.78, 5) is 2.77. The summed E-state index contributed by atoms with van der Waals surface area (Å²) >= 11 is 8.14. The molecule has 1 N–H and O–H groups in total. The van der Waals surface area contributed by atoms with E-state index >= 15 is 0 Å². The van der Waals surface area contributed by atoms with Crippen LogP contribution in [-0.4, -0.2) is 6.54 Å². The highest BCUT2D eigenvalue weighted by atomic mass is 35.5. The molecule has 0 aliphatic rings. The van der Waals surface area contributed by atoms with Crippen LogP contribution in [0.15, 0.2) is 30.3 Å². The number of hydrogen-bond donors (Lipinski definition) is 1. The van der Waals surface area contributed by atoms with Crippen molar-refractivity contribution in [3.63, 3.8) is 0 Å². The zero-order valence-corrected chi connectivity index (χ0v) is 13.2. The molecule has 0 bridgehead atoms. The summed E-state index contributed by atoms with van der Waals surface area (Å²) in [5, 5.41) is 4.43. The van der Waals surface area contributed by atoms with E-state index in [1.54, 1.807) is 0 Å². The van der Waals surface area contributed by atoms with Gasteiger partial charge in [-0.25, -0.2) is 0 Å². The number of thiophene rings is 1. The molecule has 1 heterocycles. The first kappa shape index (κ1) is 14.6.